The molecule has 106 valence electrons. The molecule has 1 heterocycles. The van der Waals surface area contributed by atoms with E-state index >= 15 is 0 Å². The molecule has 0 aromatic heterocycles. The number of piperazine rings is 1. The number of nitrogens with zero attached hydrogens (tertiary/aromatic N) is 2. The molecule has 1 aromatic carbocycles. The smallest absolute Gasteiger partial charge is 0.0413 e. The topological polar surface area (TPSA) is 18.5 Å². The molecule has 1 atom stereocenters. The van der Waals surface area contributed by atoms with Gasteiger partial charge in [-0.15, -0.1) is 0 Å². The van der Waals surface area contributed by atoms with Gasteiger partial charge in [0.25, 0.3) is 0 Å². The van der Waals surface area contributed by atoms with Crippen molar-refractivity contribution in [1.29, 1.82) is 0 Å². The van der Waals surface area contributed by atoms with Gasteiger partial charge in [-0.2, -0.15) is 0 Å². The first-order valence-corrected chi connectivity index (χ1v) is 7.85. The number of hydrogen-bond acceptors (Lipinski definition) is 3. The first kappa shape index (κ1) is 14.8. The zero-order valence-electron chi connectivity index (χ0n) is 12.1. The highest BCUT2D eigenvalue weighted by atomic mass is 79.9. The van der Waals surface area contributed by atoms with Gasteiger partial charge < -0.3 is 15.1 Å². The van der Waals surface area contributed by atoms with Crippen molar-refractivity contribution in [2.75, 3.05) is 38.1 Å². The lowest BCUT2D eigenvalue weighted by atomic mass is 10.1. The Morgan fingerprint density at radius 2 is 2.16 bits per heavy atom. The summed E-state index contributed by atoms with van der Waals surface area (Å²) in [7, 11) is 2.21. The highest BCUT2D eigenvalue weighted by Crippen LogP contribution is 2.26. The van der Waals surface area contributed by atoms with Crippen LogP contribution in [0.25, 0.3) is 0 Å². The highest BCUT2D eigenvalue weighted by Gasteiger charge is 2.22. The van der Waals surface area contributed by atoms with E-state index in [-0.39, 0.29) is 0 Å². The van der Waals surface area contributed by atoms with Crippen LogP contribution >= 0.6 is 15.9 Å². The summed E-state index contributed by atoms with van der Waals surface area (Å²) in [4.78, 5) is 4.95. The second-order valence-corrected chi connectivity index (χ2v) is 6.24. The second kappa shape index (κ2) is 6.73. The lowest BCUT2D eigenvalue weighted by Gasteiger charge is -2.39. The van der Waals surface area contributed by atoms with E-state index in [9.17, 15) is 0 Å². The summed E-state index contributed by atoms with van der Waals surface area (Å²) in [5.74, 6) is 0. The quantitative estimate of drug-likeness (QED) is 0.918. The van der Waals surface area contributed by atoms with Gasteiger partial charge in [-0.3, -0.25) is 0 Å². The number of rotatable bonds is 4. The van der Waals surface area contributed by atoms with Crippen LogP contribution in [0.4, 0.5) is 5.69 Å². The molecule has 1 saturated heterocycles. The Morgan fingerprint density at radius 3 is 2.84 bits per heavy atom. The molecule has 0 spiro atoms. The van der Waals surface area contributed by atoms with Crippen LogP contribution in [0, 0.1) is 0 Å². The van der Waals surface area contributed by atoms with Crippen LogP contribution in [-0.4, -0.2) is 44.2 Å². The molecular weight excluding hydrogens is 302 g/mol. The molecule has 3 nitrogen and oxygen atoms in total. The third-order valence-corrected chi connectivity index (χ3v) is 4.40. The molecular formula is C15H24BrN3. The van der Waals surface area contributed by atoms with Crippen molar-refractivity contribution in [3.8, 4) is 0 Å². The summed E-state index contributed by atoms with van der Waals surface area (Å²) >= 11 is 3.58. The minimum Gasteiger partial charge on any atom is -0.368 e. The summed E-state index contributed by atoms with van der Waals surface area (Å²) in [5.41, 5.74) is 2.76. The van der Waals surface area contributed by atoms with E-state index in [1.54, 1.807) is 0 Å². The average molecular weight is 326 g/mol. The Kier molecular flexibility index (Phi) is 5.25. The second-order valence-electron chi connectivity index (χ2n) is 5.33. The van der Waals surface area contributed by atoms with Crippen LogP contribution in [-0.2, 0) is 6.54 Å². The van der Waals surface area contributed by atoms with Crippen molar-refractivity contribution in [2.45, 2.75) is 26.4 Å². The summed E-state index contributed by atoms with van der Waals surface area (Å²) in [6.45, 7) is 9.75. The van der Waals surface area contributed by atoms with Gasteiger partial charge >= 0.3 is 0 Å². The van der Waals surface area contributed by atoms with Crippen molar-refractivity contribution in [1.82, 2.24) is 10.2 Å². The Morgan fingerprint density at radius 1 is 1.37 bits per heavy atom. The number of benzene rings is 1. The Hall–Kier alpha value is -0.580. The Balaban J connectivity index is 2.18. The molecule has 1 aliphatic rings. The van der Waals surface area contributed by atoms with Crippen molar-refractivity contribution in [3.05, 3.63) is 28.2 Å². The van der Waals surface area contributed by atoms with E-state index in [1.807, 2.05) is 0 Å². The minimum absolute atomic E-state index is 0.615. The molecule has 4 heteroatoms. The zero-order valence-corrected chi connectivity index (χ0v) is 13.7. The van der Waals surface area contributed by atoms with Gasteiger partial charge in [0.1, 0.15) is 0 Å². The molecule has 0 aliphatic carbocycles. The SMILES string of the molecule is CCNCc1cc(Br)ccc1N1CCN(C)C(C)C1. The fourth-order valence-electron chi connectivity index (χ4n) is 2.53. The van der Waals surface area contributed by atoms with Crippen LogP contribution in [0.3, 0.4) is 0 Å². The normalized spacial score (nSPS) is 20.8. The molecule has 1 unspecified atom stereocenters. The fraction of sp³-hybridized carbons (Fsp3) is 0.600. The van der Waals surface area contributed by atoms with E-state index in [0.717, 1.165) is 37.2 Å². The van der Waals surface area contributed by atoms with Crippen LogP contribution < -0.4 is 10.2 Å². The predicted molar refractivity (Wildman–Crippen MR) is 85.8 cm³/mol. The van der Waals surface area contributed by atoms with Crippen molar-refractivity contribution in [2.24, 2.45) is 0 Å². The van der Waals surface area contributed by atoms with Crippen LogP contribution in [0.2, 0.25) is 0 Å². The Labute approximate surface area is 125 Å². The maximum absolute atomic E-state index is 3.58. The lowest BCUT2D eigenvalue weighted by Crippen LogP contribution is -2.50. The maximum atomic E-state index is 3.58. The van der Waals surface area contributed by atoms with E-state index in [1.165, 1.54) is 11.3 Å². The molecule has 0 radical (unpaired) electrons. The Bertz CT molecular complexity index is 422. The first-order valence-electron chi connectivity index (χ1n) is 7.06. The molecule has 1 fully saturated rings. The molecule has 1 aliphatic heterocycles. The number of anilines is 1. The zero-order chi connectivity index (χ0) is 13.8. The fourth-order valence-corrected chi connectivity index (χ4v) is 2.94. The third kappa shape index (κ3) is 3.71. The molecule has 19 heavy (non-hydrogen) atoms. The third-order valence-electron chi connectivity index (χ3n) is 3.91. The number of likely N-dealkylation sites (N-methyl/N-ethyl adjacent to an activating group) is 1. The van der Waals surface area contributed by atoms with Gasteiger partial charge in [-0.05, 0) is 44.3 Å². The summed E-state index contributed by atoms with van der Waals surface area (Å²) in [5, 5.41) is 3.43. The minimum atomic E-state index is 0.615. The first-order chi connectivity index (χ1) is 9.11. The molecule has 1 N–H and O–H groups in total. The number of nitrogens with one attached hydrogen (secondary N) is 1. The lowest BCUT2D eigenvalue weighted by molar-refractivity contribution is 0.234. The van der Waals surface area contributed by atoms with Crippen molar-refractivity contribution >= 4 is 21.6 Å². The summed E-state index contributed by atoms with van der Waals surface area (Å²) in [6, 6.07) is 7.24. The predicted octanol–water partition coefficient (Wildman–Crippen LogP) is 2.70. The van der Waals surface area contributed by atoms with E-state index in [4.69, 9.17) is 0 Å². The maximum Gasteiger partial charge on any atom is 0.0413 e. The molecule has 0 saturated carbocycles. The monoisotopic (exact) mass is 325 g/mol. The molecule has 0 amide bonds. The van der Waals surface area contributed by atoms with Crippen molar-refractivity contribution in [3.63, 3.8) is 0 Å². The number of hydrogen-bond donors (Lipinski definition) is 1. The molecule has 0 bridgehead atoms. The average Bonchev–Trinajstić information content (AvgIpc) is 2.40. The van der Waals surface area contributed by atoms with Crippen LogP contribution in [0.15, 0.2) is 22.7 Å². The highest BCUT2D eigenvalue weighted by molar-refractivity contribution is 9.10. The van der Waals surface area contributed by atoms with Gasteiger partial charge in [0.05, 0.1) is 0 Å². The van der Waals surface area contributed by atoms with E-state index in [2.05, 4.69) is 70.1 Å². The van der Waals surface area contributed by atoms with Gasteiger partial charge in [-0.1, -0.05) is 22.9 Å². The van der Waals surface area contributed by atoms with Gasteiger partial charge in [0, 0.05) is 42.4 Å². The van der Waals surface area contributed by atoms with Gasteiger partial charge in [-0.25, -0.2) is 0 Å². The largest absolute Gasteiger partial charge is 0.368 e. The van der Waals surface area contributed by atoms with Gasteiger partial charge in [0.2, 0.25) is 0 Å². The van der Waals surface area contributed by atoms with Crippen LogP contribution in [0.1, 0.15) is 19.4 Å². The van der Waals surface area contributed by atoms with Crippen LogP contribution in [0.5, 0.6) is 0 Å². The van der Waals surface area contributed by atoms with Gasteiger partial charge in [0.15, 0.2) is 0 Å². The van der Waals surface area contributed by atoms with E-state index in [0.29, 0.717) is 6.04 Å². The number of halogens is 1. The standard InChI is InChI=1S/C15H24BrN3/c1-4-17-10-13-9-14(16)5-6-15(13)19-8-7-18(3)12(2)11-19/h5-6,9,12,17H,4,7-8,10-11H2,1-3H3. The van der Waals surface area contributed by atoms with E-state index < -0.39 is 0 Å². The van der Waals surface area contributed by atoms with Crippen molar-refractivity contribution < 1.29 is 0 Å². The molecule has 2 rings (SSSR count). The summed E-state index contributed by atoms with van der Waals surface area (Å²) < 4.78 is 1.16. The molecule has 1 aromatic rings. The summed E-state index contributed by atoms with van der Waals surface area (Å²) in [6.07, 6.45) is 0.